The van der Waals surface area contributed by atoms with Crippen LogP contribution in [0.25, 0.3) is 0 Å². The number of likely N-dealkylation sites (tertiary alicyclic amines) is 1. The van der Waals surface area contributed by atoms with Crippen molar-refractivity contribution >= 4 is 17.7 Å². The molecule has 1 spiro atoms. The van der Waals surface area contributed by atoms with Crippen molar-refractivity contribution in [3.05, 3.63) is 23.9 Å². The van der Waals surface area contributed by atoms with Gasteiger partial charge in [-0.2, -0.15) is 0 Å². The van der Waals surface area contributed by atoms with Gasteiger partial charge >= 0.3 is 0 Å². The number of ether oxygens (including phenoxy) is 1. The van der Waals surface area contributed by atoms with Crippen molar-refractivity contribution in [2.75, 3.05) is 45.6 Å². The summed E-state index contributed by atoms with van der Waals surface area (Å²) in [5.74, 6) is 0.773. The molecule has 2 aliphatic rings. The topological polar surface area (TPSA) is 45.7 Å². The van der Waals surface area contributed by atoms with Crippen molar-refractivity contribution in [2.45, 2.75) is 37.3 Å². The Hall–Kier alpha value is -1.11. The molecule has 1 aromatic heterocycles. The zero-order valence-electron chi connectivity index (χ0n) is 15.5. The minimum Gasteiger partial charge on any atom is -0.372 e. The molecule has 138 valence electrons. The zero-order valence-corrected chi connectivity index (χ0v) is 16.3. The third-order valence-corrected chi connectivity index (χ3v) is 5.82. The number of hydrogen-bond donors (Lipinski definition) is 0. The molecule has 2 fully saturated rings. The summed E-state index contributed by atoms with van der Waals surface area (Å²) in [6, 6.07) is 3.72. The summed E-state index contributed by atoms with van der Waals surface area (Å²) in [5, 5.41) is 0.810. The van der Waals surface area contributed by atoms with Crippen LogP contribution in [0.1, 0.15) is 37.0 Å². The Morgan fingerprint density at radius 1 is 1.36 bits per heavy atom. The lowest BCUT2D eigenvalue weighted by atomic mass is 9.88. The van der Waals surface area contributed by atoms with E-state index in [1.165, 1.54) is 11.8 Å². The van der Waals surface area contributed by atoms with E-state index in [1.54, 1.807) is 6.20 Å². The molecule has 3 rings (SSSR count). The van der Waals surface area contributed by atoms with Gasteiger partial charge in [0.15, 0.2) is 0 Å². The second-order valence-electron chi connectivity index (χ2n) is 7.51. The molecule has 2 aliphatic heterocycles. The number of hydrogen-bond acceptors (Lipinski definition) is 5. The minimum atomic E-state index is -0.0683. The van der Waals surface area contributed by atoms with E-state index in [-0.39, 0.29) is 11.5 Å². The number of pyridine rings is 1. The first-order chi connectivity index (χ1) is 12.0. The largest absolute Gasteiger partial charge is 0.372 e. The molecule has 0 aliphatic carbocycles. The lowest BCUT2D eigenvalue weighted by Crippen LogP contribution is -2.57. The van der Waals surface area contributed by atoms with Gasteiger partial charge < -0.3 is 9.64 Å². The molecule has 0 unspecified atom stereocenters. The highest BCUT2D eigenvalue weighted by atomic mass is 32.2. The van der Waals surface area contributed by atoms with E-state index in [0.29, 0.717) is 5.92 Å². The van der Waals surface area contributed by atoms with E-state index in [4.69, 9.17) is 4.74 Å². The van der Waals surface area contributed by atoms with Crippen LogP contribution >= 0.6 is 11.8 Å². The quantitative estimate of drug-likeness (QED) is 0.770. The molecule has 0 aromatic carbocycles. The predicted octanol–water partition coefficient (Wildman–Crippen LogP) is 2.77. The first-order valence-corrected chi connectivity index (χ1v) is 10.4. The highest BCUT2D eigenvalue weighted by Crippen LogP contribution is 2.31. The van der Waals surface area contributed by atoms with E-state index in [0.717, 1.165) is 62.8 Å². The van der Waals surface area contributed by atoms with Gasteiger partial charge in [-0.1, -0.05) is 13.8 Å². The standard InChI is InChI=1S/C19H29N3O2S/c1-15(2)13-21-11-12-24-19(14-21)6-9-22(10-7-19)18(23)16-5-4-8-20-17(16)25-3/h4-5,8,15H,6-7,9-14H2,1-3H3. The Bertz CT molecular complexity index is 600. The zero-order chi connectivity index (χ0) is 17.9. The molecule has 1 amide bonds. The molecule has 5 nitrogen and oxygen atoms in total. The fourth-order valence-corrected chi connectivity index (χ4v) is 4.44. The fraction of sp³-hybridized carbons (Fsp3) is 0.684. The molecule has 0 N–H and O–H groups in total. The van der Waals surface area contributed by atoms with Crippen LogP contribution in [-0.2, 0) is 4.74 Å². The monoisotopic (exact) mass is 363 g/mol. The lowest BCUT2D eigenvalue weighted by molar-refractivity contribution is -0.133. The summed E-state index contributed by atoms with van der Waals surface area (Å²) in [7, 11) is 0. The third kappa shape index (κ3) is 4.36. The molecular weight excluding hydrogens is 334 g/mol. The molecule has 6 heteroatoms. The maximum Gasteiger partial charge on any atom is 0.256 e. The number of thioether (sulfide) groups is 1. The molecule has 3 heterocycles. The SMILES string of the molecule is CSc1ncccc1C(=O)N1CCC2(CC1)CN(CC(C)C)CCO2. The fourth-order valence-electron chi connectivity index (χ4n) is 3.90. The Morgan fingerprint density at radius 2 is 2.12 bits per heavy atom. The molecule has 25 heavy (non-hydrogen) atoms. The predicted molar refractivity (Wildman–Crippen MR) is 101 cm³/mol. The Balaban J connectivity index is 1.62. The summed E-state index contributed by atoms with van der Waals surface area (Å²) in [4.78, 5) is 21.7. The van der Waals surface area contributed by atoms with Gasteiger partial charge in [0.05, 0.1) is 17.8 Å². The minimum absolute atomic E-state index is 0.0683. The number of morpholine rings is 1. The van der Waals surface area contributed by atoms with Gasteiger partial charge in [0.1, 0.15) is 5.03 Å². The average Bonchev–Trinajstić information content (AvgIpc) is 2.61. The molecular formula is C19H29N3O2S. The number of piperidine rings is 1. The summed E-state index contributed by atoms with van der Waals surface area (Å²) < 4.78 is 6.20. The smallest absolute Gasteiger partial charge is 0.256 e. The average molecular weight is 364 g/mol. The molecule has 0 radical (unpaired) electrons. The molecule has 0 atom stereocenters. The number of rotatable bonds is 4. The van der Waals surface area contributed by atoms with Crippen molar-refractivity contribution in [3.63, 3.8) is 0 Å². The number of amides is 1. The van der Waals surface area contributed by atoms with Gasteiger partial charge in [-0.05, 0) is 37.1 Å². The second kappa shape index (κ2) is 8.06. The summed E-state index contributed by atoms with van der Waals surface area (Å²) in [5.41, 5.74) is 0.651. The normalized spacial score (nSPS) is 21.0. The first kappa shape index (κ1) is 18.7. The van der Waals surface area contributed by atoms with Gasteiger partial charge in [-0.25, -0.2) is 4.98 Å². The van der Waals surface area contributed by atoms with Crippen LogP contribution in [0.5, 0.6) is 0 Å². The van der Waals surface area contributed by atoms with Crippen LogP contribution in [-0.4, -0.2) is 71.9 Å². The molecule has 2 saturated heterocycles. The Morgan fingerprint density at radius 3 is 2.80 bits per heavy atom. The van der Waals surface area contributed by atoms with Crippen molar-refractivity contribution in [1.29, 1.82) is 0 Å². The van der Waals surface area contributed by atoms with E-state index >= 15 is 0 Å². The van der Waals surface area contributed by atoms with Gasteiger partial charge in [-0.15, -0.1) is 11.8 Å². The summed E-state index contributed by atoms with van der Waals surface area (Å²) >= 11 is 1.53. The maximum absolute atomic E-state index is 12.9. The third-order valence-electron chi connectivity index (χ3n) is 5.11. The van der Waals surface area contributed by atoms with Crippen LogP contribution in [0.2, 0.25) is 0 Å². The molecule has 0 bridgehead atoms. The van der Waals surface area contributed by atoms with Gasteiger partial charge in [0.2, 0.25) is 0 Å². The van der Waals surface area contributed by atoms with E-state index in [1.807, 2.05) is 23.3 Å². The van der Waals surface area contributed by atoms with Gasteiger partial charge in [-0.3, -0.25) is 9.69 Å². The number of nitrogens with zero attached hydrogens (tertiary/aromatic N) is 3. The number of aromatic nitrogens is 1. The van der Waals surface area contributed by atoms with E-state index in [9.17, 15) is 4.79 Å². The lowest BCUT2D eigenvalue weighted by Gasteiger charge is -2.47. The van der Waals surface area contributed by atoms with E-state index in [2.05, 4.69) is 23.7 Å². The van der Waals surface area contributed by atoms with Crippen LogP contribution in [0.4, 0.5) is 0 Å². The Labute approximate surface area is 155 Å². The molecule has 1 aromatic rings. The Kier molecular flexibility index (Phi) is 6.02. The molecule has 0 saturated carbocycles. The van der Waals surface area contributed by atoms with Crippen LogP contribution in [0, 0.1) is 5.92 Å². The second-order valence-corrected chi connectivity index (χ2v) is 8.31. The van der Waals surface area contributed by atoms with Crippen LogP contribution in [0.15, 0.2) is 23.4 Å². The highest BCUT2D eigenvalue weighted by Gasteiger charge is 2.40. The van der Waals surface area contributed by atoms with Gasteiger partial charge in [0.25, 0.3) is 5.91 Å². The van der Waals surface area contributed by atoms with Crippen LogP contribution in [0.3, 0.4) is 0 Å². The van der Waals surface area contributed by atoms with Gasteiger partial charge in [0, 0.05) is 38.9 Å². The summed E-state index contributed by atoms with van der Waals surface area (Å²) in [6.07, 6.45) is 5.54. The van der Waals surface area contributed by atoms with Crippen molar-refractivity contribution < 1.29 is 9.53 Å². The number of carbonyl (C=O) groups is 1. The van der Waals surface area contributed by atoms with Crippen LogP contribution < -0.4 is 0 Å². The first-order valence-electron chi connectivity index (χ1n) is 9.17. The summed E-state index contributed by atoms with van der Waals surface area (Å²) in [6.45, 7) is 10.0. The van der Waals surface area contributed by atoms with Crippen molar-refractivity contribution in [1.82, 2.24) is 14.8 Å². The van der Waals surface area contributed by atoms with E-state index < -0.39 is 0 Å². The van der Waals surface area contributed by atoms with Crippen molar-refractivity contribution in [2.24, 2.45) is 5.92 Å². The maximum atomic E-state index is 12.9. The van der Waals surface area contributed by atoms with Crippen molar-refractivity contribution in [3.8, 4) is 0 Å². The number of carbonyl (C=O) groups excluding carboxylic acids is 1. The highest BCUT2D eigenvalue weighted by molar-refractivity contribution is 7.98.